The lowest BCUT2D eigenvalue weighted by molar-refractivity contribution is -0.272. The zero-order chi connectivity index (χ0) is 20.9. The number of halogens is 3. The van der Waals surface area contributed by atoms with E-state index in [0.717, 1.165) is 10.3 Å². The number of nitrogens with zero attached hydrogens (tertiary/aromatic N) is 3. The Balaban J connectivity index is 2.13. The van der Waals surface area contributed by atoms with Gasteiger partial charge < -0.3 is 24.7 Å². The molecule has 2 aromatic rings. The van der Waals surface area contributed by atoms with Crippen LogP contribution in [0.3, 0.4) is 0 Å². The smallest absolute Gasteiger partial charge is 0.424 e. The van der Waals surface area contributed by atoms with Crippen molar-refractivity contribution >= 4 is 5.96 Å². The van der Waals surface area contributed by atoms with Crippen molar-refractivity contribution in [3.8, 4) is 0 Å². The highest BCUT2D eigenvalue weighted by Crippen LogP contribution is 2.40. The highest BCUT2D eigenvalue weighted by Gasteiger charge is 2.57. The number of aromatic nitrogens is 2. The molecule has 0 bridgehead atoms. The Morgan fingerprint density at radius 1 is 1.39 bits per heavy atom. The maximum absolute atomic E-state index is 13.6. The fourth-order valence-electron chi connectivity index (χ4n) is 2.76. The van der Waals surface area contributed by atoms with Gasteiger partial charge in [-0.3, -0.25) is 4.99 Å². The summed E-state index contributed by atoms with van der Waals surface area (Å²) >= 11 is 0. The molecule has 0 saturated heterocycles. The predicted molar refractivity (Wildman–Crippen MR) is 98.8 cm³/mol. The summed E-state index contributed by atoms with van der Waals surface area (Å²) in [5, 5.41) is 16.4. The summed E-state index contributed by atoms with van der Waals surface area (Å²) in [7, 11) is 1.40. The monoisotopic (exact) mass is 401 g/mol. The topological polar surface area (TPSA) is 87.6 Å². The number of imidazole rings is 1. The number of nitrogens with one attached hydrogen (secondary N) is 2. The van der Waals surface area contributed by atoms with E-state index in [9.17, 15) is 18.3 Å². The van der Waals surface area contributed by atoms with Crippen molar-refractivity contribution < 1.29 is 22.7 Å². The molecule has 0 aliphatic heterocycles. The van der Waals surface area contributed by atoms with Crippen molar-refractivity contribution in [2.45, 2.75) is 45.0 Å². The van der Waals surface area contributed by atoms with Crippen LogP contribution in [0.2, 0.25) is 0 Å². The van der Waals surface area contributed by atoms with Gasteiger partial charge in [-0.05, 0) is 32.9 Å². The summed E-state index contributed by atoms with van der Waals surface area (Å²) in [6.45, 7) is 5.79. The van der Waals surface area contributed by atoms with Gasteiger partial charge in [0, 0.05) is 39.0 Å². The maximum atomic E-state index is 13.6. The third-order valence-corrected chi connectivity index (χ3v) is 4.29. The Labute approximate surface area is 161 Å². The van der Waals surface area contributed by atoms with Crippen molar-refractivity contribution in [2.75, 3.05) is 13.1 Å². The largest absolute Gasteiger partial charge is 0.464 e. The molecule has 0 saturated carbocycles. The number of hydrogen-bond donors (Lipinski definition) is 3. The van der Waals surface area contributed by atoms with Crippen LogP contribution in [0.15, 0.2) is 33.9 Å². The van der Waals surface area contributed by atoms with Crippen LogP contribution in [0.4, 0.5) is 13.2 Å². The van der Waals surface area contributed by atoms with Gasteiger partial charge in [0.05, 0.1) is 6.04 Å². The average molecular weight is 401 g/mol. The van der Waals surface area contributed by atoms with E-state index in [1.165, 1.54) is 19.4 Å². The first-order chi connectivity index (χ1) is 13.1. The fourth-order valence-corrected chi connectivity index (χ4v) is 2.76. The van der Waals surface area contributed by atoms with Gasteiger partial charge in [-0.1, -0.05) is 0 Å². The van der Waals surface area contributed by atoms with Crippen LogP contribution in [0, 0.1) is 6.92 Å². The Hall–Kier alpha value is -2.49. The molecule has 0 aliphatic carbocycles. The van der Waals surface area contributed by atoms with Crippen LogP contribution in [0.1, 0.15) is 43.7 Å². The first kappa shape index (κ1) is 21.8. The van der Waals surface area contributed by atoms with E-state index in [-0.39, 0.29) is 12.6 Å². The summed E-state index contributed by atoms with van der Waals surface area (Å²) in [6.07, 6.45) is -2.97. The zero-order valence-corrected chi connectivity index (χ0v) is 16.3. The molecule has 0 aliphatic rings. The minimum absolute atomic E-state index is 0.234. The second kappa shape index (κ2) is 8.68. The third kappa shape index (κ3) is 4.86. The summed E-state index contributed by atoms with van der Waals surface area (Å²) < 4.78 is 47.4. The van der Waals surface area contributed by atoms with E-state index in [2.05, 4.69) is 20.6 Å². The lowest BCUT2D eigenvalue weighted by Gasteiger charge is -2.29. The van der Waals surface area contributed by atoms with Gasteiger partial charge in [0.1, 0.15) is 17.3 Å². The van der Waals surface area contributed by atoms with Gasteiger partial charge in [-0.15, -0.1) is 0 Å². The van der Waals surface area contributed by atoms with Gasteiger partial charge in [0.15, 0.2) is 5.96 Å². The number of alkyl halides is 3. The van der Waals surface area contributed by atoms with Gasteiger partial charge in [0.2, 0.25) is 5.60 Å². The Bertz CT molecular complexity index is 799. The van der Waals surface area contributed by atoms with E-state index >= 15 is 0 Å². The number of aryl methyl sites for hydroxylation is 2. The van der Waals surface area contributed by atoms with E-state index < -0.39 is 24.0 Å². The molecule has 0 fully saturated rings. The van der Waals surface area contributed by atoms with Gasteiger partial charge in [-0.25, -0.2) is 4.98 Å². The van der Waals surface area contributed by atoms with Crippen molar-refractivity contribution in [3.63, 3.8) is 0 Å². The van der Waals surface area contributed by atoms with E-state index in [4.69, 9.17) is 4.42 Å². The fraction of sp³-hybridized carbons (Fsp3) is 0.556. The Morgan fingerprint density at radius 2 is 2.11 bits per heavy atom. The van der Waals surface area contributed by atoms with Crippen LogP contribution in [-0.2, 0) is 12.6 Å². The lowest BCUT2D eigenvalue weighted by Crippen LogP contribution is -2.45. The summed E-state index contributed by atoms with van der Waals surface area (Å²) in [6, 6.07) is 3.41. The third-order valence-electron chi connectivity index (χ3n) is 4.29. The molecule has 2 rings (SSSR count). The second-order valence-corrected chi connectivity index (χ2v) is 6.54. The van der Waals surface area contributed by atoms with Crippen molar-refractivity contribution in [3.05, 3.63) is 41.9 Å². The molecular weight excluding hydrogens is 375 g/mol. The highest BCUT2D eigenvalue weighted by molar-refractivity contribution is 5.80. The van der Waals surface area contributed by atoms with Crippen LogP contribution in [0.25, 0.3) is 0 Å². The van der Waals surface area contributed by atoms with Gasteiger partial charge >= 0.3 is 6.18 Å². The molecule has 2 aromatic heterocycles. The number of aliphatic hydroxyl groups is 1. The number of hydrogen-bond acceptors (Lipinski definition) is 4. The average Bonchev–Trinajstić information content (AvgIpc) is 3.22. The normalized spacial score (nSPS) is 15.9. The quantitative estimate of drug-likeness (QED) is 0.491. The molecule has 2 atom stereocenters. The molecule has 10 heteroatoms. The highest BCUT2D eigenvalue weighted by atomic mass is 19.4. The van der Waals surface area contributed by atoms with E-state index in [1.54, 1.807) is 0 Å². The maximum Gasteiger partial charge on any atom is 0.424 e. The van der Waals surface area contributed by atoms with E-state index in [0.29, 0.717) is 18.3 Å². The molecule has 7 nitrogen and oxygen atoms in total. The van der Waals surface area contributed by atoms with Crippen LogP contribution < -0.4 is 10.6 Å². The van der Waals surface area contributed by atoms with Crippen molar-refractivity contribution in [2.24, 2.45) is 12.0 Å². The second-order valence-electron chi connectivity index (χ2n) is 6.54. The van der Waals surface area contributed by atoms with Gasteiger partial charge in [-0.2, -0.15) is 13.2 Å². The summed E-state index contributed by atoms with van der Waals surface area (Å²) in [4.78, 5) is 7.86. The lowest BCUT2D eigenvalue weighted by atomic mass is 9.98. The molecule has 28 heavy (non-hydrogen) atoms. The molecule has 156 valence electrons. The van der Waals surface area contributed by atoms with Crippen LogP contribution in [0.5, 0.6) is 0 Å². The predicted octanol–water partition coefficient (Wildman–Crippen LogP) is 2.78. The SMILES string of the molecule is CCNC(=NCCC(O)(c1nccn1C)C(F)(F)F)NC(C)c1ccc(C)o1. The first-order valence-electron chi connectivity index (χ1n) is 8.96. The molecule has 2 unspecified atom stereocenters. The summed E-state index contributed by atoms with van der Waals surface area (Å²) in [5.74, 6) is 1.31. The minimum atomic E-state index is -4.88. The summed E-state index contributed by atoms with van der Waals surface area (Å²) in [5.41, 5.74) is -3.09. The number of rotatable bonds is 7. The van der Waals surface area contributed by atoms with Crippen LogP contribution >= 0.6 is 0 Å². The van der Waals surface area contributed by atoms with Crippen molar-refractivity contribution in [1.29, 1.82) is 0 Å². The van der Waals surface area contributed by atoms with Crippen LogP contribution in [-0.4, -0.2) is 39.9 Å². The van der Waals surface area contributed by atoms with E-state index in [1.807, 2.05) is 32.9 Å². The molecule has 0 aromatic carbocycles. The first-order valence-corrected chi connectivity index (χ1v) is 8.96. The Morgan fingerprint density at radius 3 is 2.61 bits per heavy atom. The van der Waals surface area contributed by atoms with Crippen molar-refractivity contribution in [1.82, 2.24) is 20.2 Å². The molecule has 2 heterocycles. The zero-order valence-electron chi connectivity index (χ0n) is 16.3. The molecule has 0 amide bonds. The van der Waals surface area contributed by atoms with Gasteiger partial charge in [0.25, 0.3) is 0 Å². The molecule has 0 spiro atoms. The number of guanidine groups is 1. The molecule has 3 N–H and O–H groups in total. The number of aliphatic imine (C=N–C) groups is 1. The number of furan rings is 1. The molecule has 0 radical (unpaired) electrons. The molecular formula is C18H26F3N5O2. The Kier molecular flexibility index (Phi) is 6.76. The standard InChI is InChI=1S/C18H26F3N5O2/c1-5-22-16(25-13(3)14-7-6-12(2)28-14)24-9-8-17(27,18(19,20)21)15-23-10-11-26(15)4/h6-7,10-11,13,27H,5,8-9H2,1-4H3,(H2,22,24,25). The minimum Gasteiger partial charge on any atom is -0.464 e.